The van der Waals surface area contributed by atoms with Crippen molar-refractivity contribution in [2.24, 2.45) is 5.92 Å². The van der Waals surface area contributed by atoms with E-state index < -0.39 is 0 Å². The van der Waals surface area contributed by atoms with Crippen molar-refractivity contribution in [3.8, 4) is 0 Å². The van der Waals surface area contributed by atoms with Crippen molar-refractivity contribution in [1.82, 2.24) is 15.1 Å². The van der Waals surface area contributed by atoms with Crippen LogP contribution in [0.25, 0.3) is 0 Å². The van der Waals surface area contributed by atoms with Gasteiger partial charge in [0.25, 0.3) is 0 Å². The average molecular weight is 249 g/mol. The van der Waals surface area contributed by atoms with E-state index in [9.17, 15) is 4.79 Å². The van der Waals surface area contributed by atoms with Crippen LogP contribution in [-0.4, -0.2) is 36.2 Å². The zero-order valence-electron chi connectivity index (χ0n) is 11.2. The van der Waals surface area contributed by atoms with Gasteiger partial charge < -0.3 is 19.9 Å². The molecule has 0 aromatic carbocycles. The molecule has 2 aliphatic heterocycles. The number of hydrogen-bond donors (Lipinski definition) is 1. The molecule has 5 nitrogen and oxygen atoms in total. The summed E-state index contributed by atoms with van der Waals surface area (Å²) in [6.07, 6.45) is 7.34. The number of rotatable bonds is 2. The maximum atomic E-state index is 11.5. The molecule has 0 saturated carbocycles. The first kappa shape index (κ1) is 12.5. The van der Waals surface area contributed by atoms with Crippen LogP contribution in [0.1, 0.15) is 13.8 Å². The predicted molar refractivity (Wildman–Crippen MR) is 69.1 cm³/mol. The molecular weight excluding hydrogens is 230 g/mol. The van der Waals surface area contributed by atoms with Crippen LogP contribution in [0.2, 0.25) is 0 Å². The lowest BCUT2D eigenvalue weighted by atomic mass is 10.1. The molecule has 2 rings (SSSR count). The number of nitrogens with one attached hydrogen (secondary N) is 1. The van der Waals surface area contributed by atoms with Gasteiger partial charge in [0.2, 0.25) is 0 Å². The third-order valence-electron chi connectivity index (χ3n) is 2.85. The lowest BCUT2D eigenvalue weighted by Crippen LogP contribution is -2.34. The highest BCUT2D eigenvalue weighted by atomic mass is 16.6. The van der Waals surface area contributed by atoms with Crippen molar-refractivity contribution < 1.29 is 9.53 Å². The Morgan fingerprint density at radius 1 is 1.50 bits per heavy atom. The molecule has 0 aromatic rings. The molecule has 1 unspecified atom stereocenters. The van der Waals surface area contributed by atoms with Crippen molar-refractivity contribution in [2.75, 3.05) is 14.1 Å². The summed E-state index contributed by atoms with van der Waals surface area (Å²) in [5.41, 5.74) is 1.18. The minimum absolute atomic E-state index is 0.0392. The summed E-state index contributed by atoms with van der Waals surface area (Å²) >= 11 is 0. The zero-order valence-corrected chi connectivity index (χ0v) is 11.2. The number of nitrogens with zero attached hydrogens (tertiary/aromatic N) is 2. The van der Waals surface area contributed by atoms with Gasteiger partial charge in [0, 0.05) is 38.3 Å². The Labute approximate surface area is 107 Å². The first-order valence-electron chi connectivity index (χ1n) is 6.02. The molecule has 1 amide bonds. The van der Waals surface area contributed by atoms with E-state index in [1.54, 1.807) is 20.2 Å². The van der Waals surface area contributed by atoms with Crippen LogP contribution >= 0.6 is 0 Å². The normalized spacial score (nSPS) is 21.2. The second-order valence-corrected chi connectivity index (χ2v) is 4.92. The van der Waals surface area contributed by atoms with E-state index in [2.05, 4.69) is 30.3 Å². The summed E-state index contributed by atoms with van der Waals surface area (Å²) in [7, 11) is 3.32. The lowest BCUT2D eigenvalue weighted by molar-refractivity contribution is 0.148. The Morgan fingerprint density at radius 3 is 2.83 bits per heavy atom. The molecule has 0 radical (unpaired) electrons. The van der Waals surface area contributed by atoms with E-state index >= 15 is 0 Å². The first-order valence-corrected chi connectivity index (χ1v) is 6.02. The van der Waals surface area contributed by atoms with Crippen molar-refractivity contribution in [3.63, 3.8) is 0 Å². The summed E-state index contributed by atoms with van der Waals surface area (Å²) in [5, 5.41) is 3.38. The third kappa shape index (κ3) is 2.50. The van der Waals surface area contributed by atoms with Crippen molar-refractivity contribution >= 4 is 6.09 Å². The molecule has 2 aliphatic rings. The number of fused-ring (bicyclic) bond motifs is 1. The highest BCUT2D eigenvalue weighted by Gasteiger charge is 2.25. The summed E-state index contributed by atoms with van der Waals surface area (Å²) in [6, 6.07) is 0. The molecule has 1 atom stereocenters. The maximum absolute atomic E-state index is 11.5. The largest absolute Gasteiger partial charge is 0.414 e. The predicted octanol–water partition coefficient (Wildman–Crippen LogP) is 1.82. The van der Waals surface area contributed by atoms with Crippen LogP contribution in [0.5, 0.6) is 0 Å². The maximum Gasteiger partial charge on any atom is 0.414 e. The van der Waals surface area contributed by atoms with Gasteiger partial charge in [-0.05, 0) is 12.0 Å². The van der Waals surface area contributed by atoms with Gasteiger partial charge in [-0.1, -0.05) is 13.8 Å². The molecule has 0 bridgehead atoms. The average Bonchev–Trinajstić information content (AvgIpc) is 2.71. The fourth-order valence-electron chi connectivity index (χ4n) is 1.73. The Bertz CT molecular complexity index is 436. The number of carbonyl (C=O) groups is 1. The molecule has 0 spiro atoms. The standard InChI is InChI=1S/C13H19N3O2/c1-9(2)11-8-16-6-5-10(7-12(16)14-11)18-13(17)15(3)4/h5-9,12,14H,1-4H3. The monoisotopic (exact) mass is 249 g/mol. The van der Waals surface area contributed by atoms with Crippen molar-refractivity contribution in [3.05, 3.63) is 36.0 Å². The van der Waals surface area contributed by atoms with Gasteiger partial charge in [-0.15, -0.1) is 0 Å². The molecule has 98 valence electrons. The van der Waals surface area contributed by atoms with E-state index in [-0.39, 0.29) is 12.3 Å². The highest BCUT2D eigenvalue weighted by Crippen LogP contribution is 2.23. The van der Waals surface area contributed by atoms with Crippen LogP contribution in [0.15, 0.2) is 36.0 Å². The van der Waals surface area contributed by atoms with E-state index in [4.69, 9.17) is 4.74 Å². The Balaban J connectivity index is 2.03. The van der Waals surface area contributed by atoms with Crippen LogP contribution in [0.3, 0.4) is 0 Å². The number of amides is 1. The highest BCUT2D eigenvalue weighted by molar-refractivity contribution is 5.68. The molecule has 0 aliphatic carbocycles. The van der Waals surface area contributed by atoms with Crippen LogP contribution in [-0.2, 0) is 4.74 Å². The van der Waals surface area contributed by atoms with Gasteiger partial charge in [-0.3, -0.25) is 0 Å². The summed E-state index contributed by atoms with van der Waals surface area (Å²) in [6.45, 7) is 4.27. The van der Waals surface area contributed by atoms with Crippen LogP contribution in [0, 0.1) is 5.92 Å². The Hall–Kier alpha value is -1.91. The Kier molecular flexibility index (Phi) is 3.32. The number of carbonyl (C=O) groups excluding carboxylic acids is 1. The van der Waals surface area contributed by atoms with E-state index in [1.165, 1.54) is 10.6 Å². The fourth-order valence-corrected chi connectivity index (χ4v) is 1.73. The molecule has 5 heteroatoms. The smallest absolute Gasteiger partial charge is 0.410 e. The topological polar surface area (TPSA) is 44.8 Å². The minimum Gasteiger partial charge on any atom is -0.410 e. The van der Waals surface area contributed by atoms with Gasteiger partial charge in [-0.2, -0.15) is 0 Å². The second-order valence-electron chi connectivity index (χ2n) is 4.92. The van der Waals surface area contributed by atoms with Gasteiger partial charge in [0.05, 0.1) is 0 Å². The SMILES string of the molecule is CC(C)C1=CN2C=CC(OC(=O)N(C)C)=CC2N1. The first-order chi connectivity index (χ1) is 8.47. The minimum atomic E-state index is -0.366. The molecule has 2 heterocycles. The van der Waals surface area contributed by atoms with Gasteiger partial charge in [-0.25, -0.2) is 4.79 Å². The number of ether oxygens (including phenoxy) is 1. The Morgan fingerprint density at radius 2 is 2.22 bits per heavy atom. The molecule has 0 fully saturated rings. The second kappa shape index (κ2) is 4.76. The summed E-state index contributed by atoms with van der Waals surface area (Å²) in [5.74, 6) is 1.02. The van der Waals surface area contributed by atoms with Crippen molar-refractivity contribution in [2.45, 2.75) is 20.0 Å². The molecular formula is C13H19N3O2. The zero-order chi connectivity index (χ0) is 13.3. The summed E-state index contributed by atoms with van der Waals surface area (Å²) < 4.78 is 5.23. The van der Waals surface area contributed by atoms with E-state index in [0.29, 0.717) is 11.7 Å². The van der Waals surface area contributed by atoms with Crippen LogP contribution < -0.4 is 5.32 Å². The molecule has 1 N–H and O–H groups in total. The van der Waals surface area contributed by atoms with E-state index in [0.717, 1.165) is 0 Å². The molecule has 18 heavy (non-hydrogen) atoms. The quantitative estimate of drug-likeness (QED) is 0.811. The summed E-state index contributed by atoms with van der Waals surface area (Å²) in [4.78, 5) is 14.9. The van der Waals surface area contributed by atoms with Crippen LogP contribution in [0.4, 0.5) is 4.79 Å². The van der Waals surface area contributed by atoms with Gasteiger partial charge >= 0.3 is 6.09 Å². The number of hydrogen-bond acceptors (Lipinski definition) is 4. The fraction of sp³-hybridized carbons (Fsp3) is 0.462. The van der Waals surface area contributed by atoms with Crippen molar-refractivity contribution in [1.29, 1.82) is 0 Å². The van der Waals surface area contributed by atoms with Gasteiger partial charge in [0.15, 0.2) is 0 Å². The number of allylic oxidation sites excluding steroid dienone is 2. The third-order valence-corrected chi connectivity index (χ3v) is 2.85. The van der Waals surface area contributed by atoms with Gasteiger partial charge in [0.1, 0.15) is 11.9 Å². The molecule has 0 saturated heterocycles. The van der Waals surface area contributed by atoms with E-state index in [1.807, 2.05) is 12.3 Å². The molecule has 0 aromatic heterocycles. The lowest BCUT2D eigenvalue weighted by Gasteiger charge is -2.24.